The van der Waals surface area contributed by atoms with Gasteiger partial charge in [0.1, 0.15) is 0 Å². The third-order valence-corrected chi connectivity index (χ3v) is 1.62. The summed E-state index contributed by atoms with van der Waals surface area (Å²) in [5, 5.41) is 0.646. The van der Waals surface area contributed by atoms with Gasteiger partial charge in [0.2, 0.25) is 0 Å². The van der Waals surface area contributed by atoms with Crippen LogP contribution in [0.25, 0.3) is 0 Å². The molecule has 0 unspecified atom stereocenters. The molecule has 0 spiro atoms. The Hall–Kier alpha value is -1.11. The molecule has 11 heavy (non-hydrogen) atoms. The minimum Gasteiger partial charge on any atom is -0.235 e. The molecule has 1 rings (SSSR count). The van der Waals surface area contributed by atoms with Gasteiger partial charge in [-0.1, -0.05) is 11.6 Å². The van der Waals surface area contributed by atoms with Gasteiger partial charge in [-0.2, -0.15) is 4.99 Å². The van der Waals surface area contributed by atoms with E-state index in [1.54, 1.807) is 12.3 Å². The normalized spacial score (nSPS) is 8.91. The van der Waals surface area contributed by atoms with E-state index in [0.717, 1.165) is 5.56 Å². The molecule has 3 heteroatoms. The van der Waals surface area contributed by atoms with Crippen LogP contribution in [0.5, 0.6) is 0 Å². The zero-order valence-corrected chi connectivity index (χ0v) is 6.89. The maximum Gasteiger partial charge on any atom is 0.161 e. The molecular weight excluding hydrogens is 160 g/mol. The lowest BCUT2D eigenvalue weighted by Gasteiger charge is -1.95. The molecule has 0 bridgehead atoms. The lowest BCUT2D eigenvalue weighted by molar-refractivity contribution is 1.25. The van der Waals surface area contributed by atoms with Gasteiger partial charge < -0.3 is 0 Å². The van der Waals surface area contributed by atoms with E-state index in [9.17, 15) is 0 Å². The van der Waals surface area contributed by atoms with Crippen LogP contribution in [0.3, 0.4) is 0 Å². The van der Waals surface area contributed by atoms with Gasteiger partial charge >= 0.3 is 0 Å². The van der Waals surface area contributed by atoms with Crippen molar-refractivity contribution in [3.05, 3.63) is 29.4 Å². The molecule has 0 aromatic carbocycles. The minimum absolute atomic E-state index is 0.585. The molecule has 0 radical (unpaired) electrons. The number of aromatic nitrogens is 1. The monoisotopic (exact) mass is 166 g/mol. The first-order valence-corrected chi connectivity index (χ1v) is 3.47. The summed E-state index contributed by atoms with van der Waals surface area (Å²) in [6.45, 7) is 5.24. The van der Waals surface area contributed by atoms with E-state index in [0.29, 0.717) is 10.8 Å². The Kier molecular flexibility index (Phi) is 2.42. The van der Waals surface area contributed by atoms with Crippen LogP contribution in [-0.4, -0.2) is 10.9 Å². The van der Waals surface area contributed by atoms with E-state index < -0.39 is 0 Å². The van der Waals surface area contributed by atoms with Crippen molar-refractivity contribution >= 4 is 23.3 Å². The van der Waals surface area contributed by atoms with Gasteiger partial charge in [-0.05, 0) is 31.0 Å². The summed E-state index contributed by atoms with van der Waals surface area (Å²) in [6.07, 6.45) is 1.56. The first-order chi connectivity index (χ1) is 5.24. The first-order valence-electron chi connectivity index (χ1n) is 3.09. The van der Waals surface area contributed by atoms with E-state index in [1.807, 2.05) is 6.92 Å². The molecule has 0 fully saturated rings. The number of rotatable bonds is 1. The highest BCUT2D eigenvalue weighted by atomic mass is 35.5. The number of pyridine rings is 1. The smallest absolute Gasteiger partial charge is 0.161 e. The second-order valence-corrected chi connectivity index (χ2v) is 2.47. The quantitative estimate of drug-likeness (QED) is 0.589. The molecule has 0 amide bonds. The maximum atomic E-state index is 5.74. The van der Waals surface area contributed by atoms with Crippen molar-refractivity contribution in [1.29, 1.82) is 0 Å². The van der Waals surface area contributed by atoms with Crippen LogP contribution in [0, 0.1) is 6.92 Å². The number of aryl methyl sites for hydroxylation is 1. The fourth-order valence-corrected chi connectivity index (χ4v) is 0.770. The molecule has 2 nitrogen and oxygen atoms in total. The highest BCUT2D eigenvalue weighted by Gasteiger charge is 1.95. The third-order valence-electron chi connectivity index (χ3n) is 1.23. The number of halogens is 1. The van der Waals surface area contributed by atoms with Gasteiger partial charge in [-0.15, -0.1) is 0 Å². The highest BCUT2D eigenvalue weighted by molar-refractivity contribution is 6.31. The predicted octanol–water partition coefficient (Wildman–Crippen LogP) is 2.53. The molecule has 1 heterocycles. The maximum absolute atomic E-state index is 5.74. The lowest BCUT2D eigenvalue weighted by atomic mass is 10.3. The van der Waals surface area contributed by atoms with Crippen molar-refractivity contribution < 1.29 is 0 Å². The molecule has 0 N–H and O–H groups in total. The second-order valence-electron chi connectivity index (χ2n) is 2.06. The molecule has 0 aliphatic heterocycles. The van der Waals surface area contributed by atoms with Gasteiger partial charge in [0.15, 0.2) is 5.82 Å². The summed E-state index contributed by atoms with van der Waals surface area (Å²) in [5.74, 6) is 2.99. The minimum atomic E-state index is 0.585. The standard InChI is InChI=1S/C8H7ClN2/c1-3-10-8-4-6(2)7(9)5-11-8/h4-5H,1H2,2H3. The zero-order chi connectivity index (χ0) is 8.27. The summed E-state index contributed by atoms with van der Waals surface area (Å²) in [4.78, 5) is 7.71. The Morgan fingerprint density at radius 1 is 1.73 bits per heavy atom. The second kappa shape index (κ2) is 3.33. The first kappa shape index (κ1) is 7.99. The number of nitrogens with zero attached hydrogens (tertiary/aromatic N) is 2. The molecule has 1 aromatic rings. The number of aliphatic imine (C=N–C) groups is 1. The molecule has 0 aliphatic carbocycles. The number of hydrogen-bond acceptors (Lipinski definition) is 2. The highest BCUT2D eigenvalue weighted by Crippen LogP contribution is 2.17. The van der Waals surface area contributed by atoms with Gasteiger partial charge in [-0.25, -0.2) is 4.98 Å². The molecule has 1 aromatic heterocycles. The Balaban J connectivity index is 3.14. The lowest BCUT2D eigenvalue weighted by Crippen LogP contribution is -1.78. The topological polar surface area (TPSA) is 25.2 Å². The van der Waals surface area contributed by atoms with E-state index in [2.05, 4.69) is 22.4 Å². The van der Waals surface area contributed by atoms with Crippen LogP contribution >= 0.6 is 11.6 Å². The van der Waals surface area contributed by atoms with E-state index in [1.165, 1.54) is 0 Å². The average Bonchev–Trinajstić information content (AvgIpc) is 1.98. The Morgan fingerprint density at radius 3 is 3.00 bits per heavy atom. The van der Waals surface area contributed by atoms with Crippen LogP contribution in [0.15, 0.2) is 23.8 Å². The molecule has 0 saturated heterocycles. The fraction of sp³-hybridized carbons (Fsp3) is 0.125. The molecule has 0 aliphatic rings. The van der Waals surface area contributed by atoms with Crippen molar-refractivity contribution in [2.75, 3.05) is 0 Å². The largest absolute Gasteiger partial charge is 0.235 e. The van der Waals surface area contributed by atoms with E-state index in [-0.39, 0.29) is 0 Å². The van der Waals surface area contributed by atoms with Gasteiger partial charge in [0.05, 0.1) is 5.02 Å². The van der Waals surface area contributed by atoms with Gasteiger partial charge in [0.25, 0.3) is 0 Å². The Labute approximate surface area is 70.3 Å². The molecule has 56 valence electrons. The number of hydrogen-bond donors (Lipinski definition) is 0. The summed E-state index contributed by atoms with van der Waals surface area (Å²) in [7, 11) is 0. The van der Waals surface area contributed by atoms with Crippen molar-refractivity contribution in [1.82, 2.24) is 4.98 Å². The molecule has 0 saturated carbocycles. The van der Waals surface area contributed by atoms with Gasteiger partial charge in [-0.3, -0.25) is 0 Å². The zero-order valence-electron chi connectivity index (χ0n) is 6.13. The van der Waals surface area contributed by atoms with Crippen molar-refractivity contribution in [3.63, 3.8) is 0 Å². The van der Waals surface area contributed by atoms with Crippen molar-refractivity contribution in [3.8, 4) is 0 Å². The Morgan fingerprint density at radius 2 is 2.45 bits per heavy atom. The molecule has 0 atom stereocenters. The predicted molar refractivity (Wildman–Crippen MR) is 46.7 cm³/mol. The Bertz CT molecular complexity index is 314. The van der Waals surface area contributed by atoms with Crippen LogP contribution in [0.2, 0.25) is 5.02 Å². The van der Waals surface area contributed by atoms with Crippen molar-refractivity contribution in [2.45, 2.75) is 6.92 Å². The van der Waals surface area contributed by atoms with E-state index in [4.69, 9.17) is 11.6 Å². The third kappa shape index (κ3) is 1.90. The molecular formula is C8H7ClN2. The summed E-state index contributed by atoms with van der Waals surface area (Å²) < 4.78 is 0. The SMILES string of the molecule is C=C=Nc1cc(C)c(Cl)cn1. The summed E-state index contributed by atoms with van der Waals surface area (Å²) in [6, 6.07) is 1.78. The summed E-state index contributed by atoms with van der Waals surface area (Å²) >= 11 is 5.74. The van der Waals surface area contributed by atoms with Gasteiger partial charge in [0, 0.05) is 6.20 Å². The summed E-state index contributed by atoms with van der Waals surface area (Å²) in [5.41, 5.74) is 0.954. The van der Waals surface area contributed by atoms with Crippen LogP contribution in [0.1, 0.15) is 5.56 Å². The van der Waals surface area contributed by atoms with Crippen LogP contribution in [0.4, 0.5) is 5.82 Å². The van der Waals surface area contributed by atoms with Crippen LogP contribution < -0.4 is 0 Å². The average molecular weight is 167 g/mol. The van der Waals surface area contributed by atoms with Crippen LogP contribution in [-0.2, 0) is 0 Å². The van der Waals surface area contributed by atoms with Crippen molar-refractivity contribution in [2.24, 2.45) is 4.99 Å². The fourth-order valence-electron chi connectivity index (χ4n) is 0.667. The van der Waals surface area contributed by atoms with E-state index >= 15 is 0 Å².